The molecule has 0 spiro atoms. The maximum atomic E-state index is 6.90. The lowest BCUT2D eigenvalue weighted by atomic mass is 9.95. The molecule has 0 unspecified atom stereocenters. The Kier molecular flexibility index (Phi) is 17.5. The van der Waals surface area contributed by atoms with E-state index in [0.29, 0.717) is 23.3 Å². The zero-order chi connectivity index (χ0) is 73.1. The molecule has 0 atom stereocenters. The predicted molar refractivity (Wildman–Crippen MR) is 448 cm³/mol. The quantitative estimate of drug-likeness (QED) is 0.105. The largest absolute Gasteiger partial charge is 0.453 e. The summed E-state index contributed by atoms with van der Waals surface area (Å²) in [5.41, 5.74) is 25.5. The Balaban J connectivity index is 0.000000149. The second-order valence-electron chi connectivity index (χ2n) is 27.0. The van der Waals surface area contributed by atoms with E-state index in [0.717, 1.165) is 178 Å². The van der Waals surface area contributed by atoms with E-state index >= 15 is 0 Å². The zero-order valence-corrected chi connectivity index (χ0v) is 59.5. The van der Waals surface area contributed by atoms with Crippen molar-refractivity contribution in [3.8, 4) is 158 Å². The van der Waals surface area contributed by atoms with E-state index in [4.69, 9.17) is 43.7 Å². The van der Waals surface area contributed by atoms with Gasteiger partial charge in [0.15, 0.2) is 34.5 Å². The molecule has 9 nitrogen and oxygen atoms in total. The Morgan fingerprint density at radius 1 is 0.173 bits per heavy atom. The van der Waals surface area contributed by atoms with Gasteiger partial charge in [0, 0.05) is 88.3 Å². The summed E-state index contributed by atoms with van der Waals surface area (Å²) in [4.78, 5) is 35.0. The molecule has 0 N–H and O–H groups in total. The maximum absolute atomic E-state index is 6.90. The van der Waals surface area contributed by atoms with Gasteiger partial charge < -0.3 is 8.83 Å². The van der Waals surface area contributed by atoms with E-state index in [1.54, 1.807) is 0 Å². The third-order valence-electron chi connectivity index (χ3n) is 20.1. The molecule has 0 saturated carbocycles. The number of aromatic nitrogens is 7. The second kappa shape index (κ2) is 29.2. The van der Waals surface area contributed by atoms with Gasteiger partial charge in [-0.25, -0.2) is 34.9 Å². The first kappa shape index (κ1) is 65.8. The van der Waals surface area contributed by atoms with Gasteiger partial charge >= 0.3 is 0 Å². The molecule has 6 heterocycles. The van der Waals surface area contributed by atoms with Crippen molar-refractivity contribution in [2.75, 3.05) is 0 Å². The number of pyridine rings is 2. The molecule has 14 aromatic carbocycles. The number of fused-ring (bicyclic) bond motifs is 6. The molecule has 0 amide bonds. The van der Waals surface area contributed by atoms with Crippen molar-refractivity contribution in [2.24, 2.45) is 0 Å². The molecule has 0 bridgehead atoms. The lowest BCUT2D eigenvalue weighted by Crippen LogP contribution is -2.00. The van der Waals surface area contributed by atoms with Gasteiger partial charge in [0.25, 0.3) is 0 Å². The molecule has 0 radical (unpaired) electrons. The summed E-state index contributed by atoms with van der Waals surface area (Å²) in [6.07, 6.45) is 0. The van der Waals surface area contributed by atoms with Crippen molar-refractivity contribution < 1.29 is 8.83 Å². The minimum atomic E-state index is 0.629. The van der Waals surface area contributed by atoms with E-state index in [1.165, 1.54) is 0 Å². The van der Waals surface area contributed by atoms with Crippen LogP contribution in [0.15, 0.2) is 403 Å². The summed E-state index contributed by atoms with van der Waals surface area (Å²) in [6, 6.07) is 135. The van der Waals surface area contributed by atoms with Crippen molar-refractivity contribution in [3.63, 3.8) is 0 Å². The maximum Gasteiger partial charge on any atom is 0.164 e. The lowest BCUT2D eigenvalue weighted by Gasteiger charge is -2.10. The van der Waals surface area contributed by atoms with Gasteiger partial charge in [-0.3, -0.25) is 0 Å². The minimum absolute atomic E-state index is 0.629. The topological polar surface area (TPSA) is 117 Å². The summed E-state index contributed by atoms with van der Waals surface area (Å²) in [7, 11) is 0. The normalized spacial score (nSPS) is 11.3. The average Bonchev–Trinajstić information content (AvgIpc) is 1.57. The fraction of sp³-hybridized carbons (Fsp3) is 0. The first-order chi connectivity index (χ1) is 54.5. The van der Waals surface area contributed by atoms with Crippen molar-refractivity contribution in [1.82, 2.24) is 34.9 Å². The highest BCUT2D eigenvalue weighted by molar-refractivity contribution is 6.20. The third-order valence-corrected chi connectivity index (χ3v) is 20.1. The zero-order valence-electron chi connectivity index (χ0n) is 59.5. The first-order valence-electron chi connectivity index (χ1n) is 36.7. The van der Waals surface area contributed by atoms with Crippen LogP contribution in [0, 0.1) is 0 Å². The SMILES string of the molecule is c1ccc(-c2cc(-c3ccc(-c4ccc(-c5nc6ccccc6c6c(-c7ccccc7)c(-c7ccccc7)oc56)cc4)cc3)nc(-c3ccccc3)n2)cc1.c1ccc(-c2nc(-c3ccccc3)nc(-c3ccc(-c4ccc(-c5nc6ccccc6c6c(-c7ccccc7)c(-c7ccccc7)oc56)cc4)cc3)n2)cc1. The highest BCUT2D eigenvalue weighted by atomic mass is 16.3. The number of rotatable bonds is 14. The second-order valence-corrected chi connectivity index (χ2v) is 27.0. The third kappa shape index (κ3) is 12.9. The molecule has 20 rings (SSSR count). The standard InChI is InChI=1S/C51H33N3O.C50H32N4O/c1-5-15-36(16-6-1)44-33-45(54-51(53-44)41-21-11-4-12-22-41)37-29-25-34(26-30-37)35-27-31-39(32-28-35)48-50-47(42-23-13-14-24-43(42)52-48)46(38-17-7-2-8-18-38)49(55-50)40-19-9-3-10-20-40;1-5-15-35(16-6-1)43-44-41-23-13-14-24-42(41)51-45(47(44)55-46(43)37-17-7-2-8-18-37)36-29-25-33(26-30-36)34-27-31-40(32-28-34)50-53-48(38-19-9-3-10-20-38)52-49(54-50)39-21-11-4-12-22-39/h1-33H;1-32H. The molecule has 516 valence electrons. The molecule has 0 saturated heterocycles. The number of para-hydroxylation sites is 2. The van der Waals surface area contributed by atoms with Crippen LogP contribution >= 0.6 is 0 Å². The van der Waals surface area contributed by atoms with Crippen LogP contribution in [0.3, 0.4) is 0 Å². The summed E-state index contributed by atoms with van der Waals surface area (Å²) in [5.74, 6) is 4.30. The summed E-state index contributed by atoms with van der Waals surface area (Å²) >= 11 is 0. The molecule has 110 heavy (non-hydrogen) atoms. The van der Waals surface area contributed by atoms with Crippen LogP contribution in [-0.2, 0) is 0 Å². The Morgan fingerprint density at radius 2 is 0.409 bits per heavy atom. The summed E-state index contributed by atoms with van der Waals surface area (Å²) in [5, 5.41) is 4.27. The molecule has 6 aromatic heterocycles. The number of hydrogen-bond acceptors (Lipinski definition) is 9. The van der Waals surface area contributed by atoms with Crippen molar-refractivity contribution in [2.45, 2.75) is 0 Å². The molecule has 0 aliphatic rings. The number of hydrogen-bond donors (Lipinski definition) is 0. The summed E-state index contributed by atoms with van der Waals surface area (Å²) in [6.45, 7) is 0. The van der Waals surface area contributed by atoms with Gasteiger partial charge in [-0.05, 0) is 51.6 Å². The Bertz CT molecular complexity index is 6140. The predicted octanol–water partition coefficient (Wildman–Crippen LogP) is 26.3. The van der Waals surface area contributed by atoms with Gasteiger partial charge in [0.2, 0.25) is 0 Å². The van der Waals surface area contributed by atoms with Crippen molar-refractivity contribution in [1.29, 1.82) is 0 Å². The molecule has 0 fully saturated rings. The van der Waals surface area contributed by atoms with Crippen molar-refractivity contribution in [3.05, 3.63) is 394 Å². The smallest absolute Gasteiger partial charge is 0.164 e. The molecule has 9 heteroatoms. The Labute approximate surface area is 635 Å². The van der Waals surface area contributed by atoms with Crippen LogP contribution in [0.1, 0.15) is 0 Å². The molecule has 0 aliphatic heterocycles. The number of benzene rings is 14. The van der Waals surface area contributed by atoms with E-state index < -0.39 is 0 Å². The van der Waals surface area contributed by atoms with Crippen molar-refractivity contribution >= 4 is 43.7 Å². The van der Waals surface area contributed by atoms with Gasteiger partial charge in [-0.2, -0.15) is 0 Å². The van der Waals surface area contributed by atoms with Gasteiger partial charge in [0.1, 0.15) is 22.9 Å². The number of nitrogens with zero attached hydrogens (tertiary/aromatic N) is 7. The fourth-order valence-corrected chi connectivity index (χ4v) is 14.6. The highest BCUT2D eigenvalue weighted by Crippen LogP contribution is 2.49. The molecule has 20 aromatic rings. The van der Waals surface area contributed by atoms with E-state index in [2.05, 4.69) is 249 Å². The van der Waals surface area contributed by atoms with Crippen LogP contribution in [-0.4, -0.2) is 34.9 Å². The minimum Gasteiger partial charge on any atom is -0.453 e. The average molecular weight is 1410 g/mol. The fourth-order valence-electron chi connectivity index (χ4n) is 14.6. The van der Waals surface area contributed by atoms with E-state index in [-0.39, 0.29) is 0 Å². The Morgan fingerprint density at radius 3 is 0.745 bits per heavy atom. The van der Waals surface area contributed by atoms with E-state index in [9.17, 15) is 0 Å². The lowest BCUT2D eigenvalue weighted by molar-refractivity contribution is 0.632. The number of furan rings is 2. The van der Waals surface area contributed by atoms with E-state index in [1.807, 2.05) is 146 Å². The summed E-state index contributed by atoms with van der Waals surface area (Å²) < 4.78 is 13.8. The van der Waals surface area contributed by atoms with Crippen LogP contribution in [0.5, 0.6) is 0 Å². The van der Waals surface area contributed by atoms with Gasteiger partial charge in [-0.1, -0.05) is 376 Å². The van der Waals surface area contributed by atoms with Gasteiger partial charge in [0.05, 0.1) is 22.4 Å². The van der Waals surface area contributed by atoms with Gasteiger partial charge in [-0.15, -0.1) is 0 Å². The van der Waals surface area contributed by atoms with Crippen LogP contribution in [0.2, 0.25) is 0 Å². The molecular weight excluding hydrogens is 1340 g/mol. The molecule has 0 aliphatic carbocycles. The van der Waals surface area contributed by atoms with Crippen LogP contribution < -0.4 is 0 Å². The van der Waals surface area contributed by atoms with Crippen LogP contribution in [0.4, 0.5) is 0 Å². The first-order valence-corrected chi connectivity index (χ1v) is 36.7. The highest BCUT2D eigenvalue weighted by Gasteiger charge is 2.27. The van der Waals surface area contributed by atoms with Crippen LogP contribution in [0.25, 0.3) is 201 Å². The Hall–Kier alpha value is -14.9. The monoisotopic (exact) mass is 1410 g/mol. The molecular formula is C101H65N7O2.